The Kier molecular flexibility index (Phi) is 3.45. The molecule has 1 aromatic heterocycles. The van der Waals surface area contributed by atoms with Crippen molar-refractivity contribution in [2.24, 2.45) is 0 Å². The van der Waals surface area contributed by atoms with E-state index in [1.165, 1.54) is 18.4 Å². The van der Waals surface area contributed by atoms with E-state index in [9.17, 15) is 9.59 Å². The lowest BCUT2D eigenvalue weighted by molar-refractivity contribution is -0.139. The van der Waals surface area contributed by atoms with Gasteiger partial charge < -0.3 is 4.74 Å². The molecule has 0 unspecified atom stereocenters. The zero-order valence-electron chi connectivity index (χ0n) is 6.87. The number of ketones is 1. The molecule has 0 aliphatic rings. The molecule has 3 nitrogen and oxygen atoms in total. The summed E-state index contributed by atoms with van der Waals surface area (Å²) in [4.78, 5) is 22.5. The first kappa shape index (κ1) is 10.2. The summed E-state index contributed by atoms with van der Waals surface area (Å²) in [7, 11) is 1.24. The predicted octanol–water partition coefficient (Wildman–Crippen LogP) is 2.15. The van der Waals surface area contributed by atoms with Gasteiger partial charge in [0.05, 0.1) is 17.0 Å². The summed E-state index contributed by atoms with van der Waals surface area (Å²) in [6.45, 7) is 0. The Hall–Kier alpha value is -0.870. The van der Waals surface area contributed by atoms with E-state index in [-0.39, 0.29) is 12.2 Å². The molecule has 0 aromatic carbocycles. The van der Waals surface area contributed by atoms with Crippen molar-refractivity contribution in [2.45, 2.75) is 6.42 Å². The van der Waals surface area contributed by atoms with Gasteiger partial charge in [-0.05, 0) is 11.4 Å². The Morgan fingerprint density at radius 2 is 2.31 bits per heavy atom. The first-order valence-electron chi connectivity index (χ1n) is 3.48. The highest BCUT2D eigenvalue weighted by Gasteiger charge is 2.15. The van der Waals surface area contributed by atoms with E-state index >= 15 is 0 Å². The highest BCUT2D eigenvalue weighted by Crippen LogP contribution is 2.23. The van der Waals surface area contributed by atoms with Gasteiger partial charge in [0, 0.05) is 0 Å². The van der Waals surface area contributed by atoms with Crippen molar-refractivity contribution < 1.29 is 14.3 Å². The van der Waals surface area contributed by atoms with Gasteiger partial charge in [0.15, 0.2) is 5.78 Å². The monoisotopic (exact) mass is 218 g/mol. The van der Waals surface area contributed by atoms with E-state index in [4.69, 9.17) is 11.6 Å². The fourth-order valence-corrected chi connectivity index (χ4v) is 1.88. The Morgan fingerprint density at radius 3 is 2.77 bits per heavy atom. The molecule has 13 heavy (non-hydrogen) atoms. The highest BCUT2D eigenvalue weighted by atomic mass is 35.5. The SMILES string of the molecule is COC(=O)CC(=O)c1sccc1Cl. The number of methoxy groups -OCH3 is 1. The number of rotatable bonds is 3. The smallest absolute Gasteiger partial charge is 0.313 e. The lowest BCUT2D eigenvalue weighted by Crippen LogP contribution is -2.08. The van der Waals surface area contributed by atoms with Crippen LogP contribution in [0.4, 0.5) is 0 Å². The summed E-state index contributed by atoms with van der Waals surface area (Å²) in [6.07, 6.45) is -0.253. The van der Waals surface area contributed by atoms with Crippen LogP contribution in [0.3, 0.4) is 0 Å². The molecule has 0 bridgehead atoms. The summed E-state index contributed by atoms with van der Waals surface area (Å²) in [5.41, 5.74) is 0. The lowest BCUT2D eigenvalue weighted by Gasteiger charge is -1.96. The van der Waals surface area contributed by atoms with Crippen LogP contribution in [0.5, 0.6) is 0 Å². The normalized spacial score (nSPS) is 9.69. The minimum absolute atomic E-state index is 0.253. The van der Waals surface area contributed by atoms with E-state index in [0.717, 1.165) is 0 Å². The Labute approximate surface area is 84.3 Å². The molecule has 1 heterocycles. The minimum atomic E-state index is -0.547. The number of esters is 1. The van der Waals surface area contributed by atoms with Crippen LogP contribution in [-0.4, -0.2) is 18.9 Å². The summed E-state index contributed by atoms with van der Waals surface area (Å²) in [6, 6.07) is 1.62. The zero-order valence-corrected chi connectivity index (χ0v) is 8.45. The standard InChI is InChI=1S/C8H7ClO3S/c1-12-7(11)4-6(10)8-5(9)2-3-13-8/h2-3H,4H2,1H3. The first-order chi connectivity index (χ1) is 6.15. The van der Waals surface area contributed by atoms with E-state index in [1.54, 1.807) is 11.4 Å². The van der Waals surface area contributed by atoms with Gasteiger partial charge in [-0.1, -0.05) is 11.6 Å². The second-order valence-corrected chi connectivity index (χ2v) is 3.60. The van der Waals surface area contributed by atoms with Crippen LogP contribution in [0.2, 0.25) is 5.02 Å². The summed E-state index contributed by atoms with van der Waals surface area (Å²) in [5, 5.41) is 2.09. The van der Waals surface area contributed by atoms with Crippen molar-refractivity contribution >= 4 is 34.7 Å². The average molecular weight is 219 g/mol. The van der Waals surface area contributed by atoms with Gasteiger partial charge in [-0.15, -0.1) is 11.3 Å². The number of halogens is 1. The van der Waals surface area contributed by atoms with Gasteiger partial charge >= 0.3 is 5.97 Å². The molecule has 0 N–H and O–H groups in total. The molecular formula is C8H7ClO3S. The van der Waals surface area contributed by atoms with Crippen LogP contribution in [0.15, 0.2) is 11.4 Å². The van der Waals surface area contributed by atoms with E-state index in [1.807, 2.05) is 0 Å². The second-order valence-electron chi connectivity index (χ2n) is 2.27. The molecule has 0 amide bonds. The molecule has 70 valence electrons. The van der Waals surface area contributed by atoms with Crippen molar-refractivity contribution in [2.75, 3.05) is 7.11 Å². The van der Waals surface area contributed by atoms with E-state index in [2.05, 4.69) is 4.74 Å². The summed E-state index contributed by atoms with van der Waals surface area (Å²) >= 11 is 6.92. The van der Waals surface area contributed by atoms with Crippen LogP contribution in [-0.2, 0) is 9.53 Å². The summed E-state index contributed by atoms with van der Waals surface area (Å²) in [5.74, 6) is -0.846. The molecule has 0 atom stereocenters. The number of hydrogen-bond acceptors (Lipinski definition) is 4. The van der Waals surface area contributed by atoms with Crippen LogP contribution < -0.4 is 0 Å². The van der Waals surface area contributed by atoms with Crippen LogP contribution in [0.25, 0.3) is 0 Å². The number of ether oxygens (including phenoxy) is 1. The fourth-order valence-electron chi connectivity index (χ4n) is 0.776. The molecule has 0 fully saturated rings. The molecule has 0 saturated carbocycles. The van der Waals surface area contributed by atoms with Crippen LogP contribution in [0.1, 0.15) is 16.1 Å². The lowest BCUT2D eigenvalue weighted by atomic mass is 10.2. The molecule has 0 spiro atoms. The predicted molar refractivity (Wildman–Crippen MR) is 50.3 cm³/mol. The number of carbonyl (C=O) groups excluding carboxylic acids is 2. The van der Waals surface area contributed by atoms with E-state index in [0.29, 0.717) is 9.90 Å². The Bertz CT molecular complexity index is 332. The third kappa shape index (κ3) is 2.54. The molecule has 0 aliphatic heterocycles. The van der Waals surface area contributed by atoms with Crippen molar-refractivity contribution in [3.8, 4) is 0 Å². The van der Waals surface area contributed by atoms with Crippen molar-refractivity contribution in [3.63, 3.8) is 0 Å². The molecular weight excluding hydrogens is 212 g/mol. The largest absolute Gasteiger partial charge is 0.469 e. The number of hydrogen-bond donors (Lipinski definition) is 0. The van der Waals surface area contributed by atoms with Crippen LogP contribution in [0, 0.1) is 0 Å². The molecule has 5 heteroatoms. The van der Waals surface area contributed by atoms with Crippen molar-refractivity contribution in [3.05, 3.63) is 21.3 Å². The third-order valence-corrected chi connectivity index (χ3v) is 2.79. The maximum atomic E-state index is 11.3. The fraction of sp³-hybridized carbons (Fsp3) is 0.250. The van der Waals surface area contributed by atoms with Gasteiger partial charge in [0.25, 0.3) is 0 Å². The molecule has 1 rings (SSSR count). The van der Waals surface area contributed by atoms with Gasteiger partial charge in [0.1, 0.15) is 6.42 Å². The zero-order chi connectivity index (χ0) is 9.84. The first-order valence-corrected chi connectivity index (χ1v) is 4.74. The van der Waals surface area contributed by atoms with Gasteiger partial charge in [-0.25, -0.2) is 0 Å². The third-order valence-electron chi connectivity index (χ3n) is 1.40. The van der Waals surface area contributed by atoms with Crippen molar-refractivity contribution in [1.29, 1.82) is 0 Å². The van der Waals surface area contributed by atoms with Gasteiger partial charge in [0.2, 0.25) is 0 Å². The minimum Gasteiger partial charge on any atom is -0.469 e. The van der Waals surface area contributed by atoms with Gasteiger partial charge in [-0.3, -0.25) is 9.59 Å². The average Bonchev–Trinajstić information content (AvgIpc) is 2.51. The highest BCUT2D eigenvalue weighted by molar-refractivity contribution is 7.12. The Morgan fingerprint density at radius 1 is 1.62 bits per heavy atom. The molecule has 0 radical (unpaired) electrons. The number of carbonyl (C=O) groups is 2. The number of thiophene rings is 1. The molecule has 0 saturated heterocycles. The molecule has 0 aliphatic carbocycles. The topological polar surface area (TPSA) is 43.4 Å². The molecule has 1 aromatic rings. The van der Waals surface area contributed by atoms with Gasteiger partial charge in [-0.2, -0.15) is 0 Å². The Balaban J connectivity index is 2.69. The maximum absolute atomic E-state index is 11.3. The van der Waals surface area contributed by atoms with E-state index < -0.39 is 5.97 Å². The van der Waals surface area contributed by atoms with Crippen molar-refractivity contribution in [1.82, 2.24) is 0 Å². The second kappa shape index (κ2) is 4.39. The maximum Gasteiger partial charge on any atom is 0.313 e. The number of Topliss-reactive ketones (excluding diaryl/α,β-unsaturated/α-hetero) is 1. The van der Waals surface area contributed by atoms with Crippen LogP contribution >= 0.6 is 22.9 Å². The summed E-state index contributed by atoms with van der Waals surface area (Å²) < 4.78 is 4.36. The quantitative estimate of drug-likeness (QED) is 0.444.